The lowest BCUT2D eigenvalue weighted by Gasteiger charge is -2.31. The highest BCUT2D eigenvalue weighted by atomic mass is 16.3. The molecule has 4 nitrogen and oxygen atoms in total. The highest BCUT2D eigenvalue weighted by Crippen LogP contribution is 2.30. The first-order valence-electron chi connectivity index (χ1n) is 9.79. The van der Waals surface area contributed by atoms with Crippen molar-refractivity contribution in [3.05, 3.63) is 63.7 Å². The molecule has 146 valence electrons. The van der Waals surface area contributed by atoms with Gasteiger partial charge in [0.15, 0.2) is 0 Å². The highest BCUT2D eigenvalue weighted by molar-refractivity contribution is 5.59. The fourth-order valence-electron chi connectivity index (χ4n) is 3.93. The topological polar surface area (TPSA) is 69.7 Å². The summed E-state index contributed by atoms with van der Waals surface area (Å²) in [6.07, 6.45) is 3.06. The van der Waals surface area contributed by atoms with Crippen LogP contribution in [0, 0.1) is 20.8 Å². The van der Waals surface area contributed by atoms with E-state index in [-0.39, 0.29) is 13.2 Å². The molecule has 4 heteroatoms. The number of nitrogens with zero attached hydrogens (tertiary/aromatic N) is 1. The Kier molecular flexibility index (Phi) is 5.89. The molecule has 0 aromatic heterocycles. The SMILES string of the molecule is Cc1cc(CCc2ccc3c(c2)CCN3CC(N)(CO)CO)cc(C)c1C. The van der Waals surface area contributed by atoms with Crippen LogP contribution in [0.5, 0.6) is 0 Å². The Hall–Kier alpha value is -1.88. The Morgan fingerprint density at radius 3 is 2.22 bits per heavy atom. The quantitative estimate of drug-likeness (QED) is 0.702. The fraction of sp³-hybridized carbons (Fsp3) is 0.478. The van der Waals surface area contributed by atoms with Crippen LogP contribution < -0.4 is 10.6 Å². The third-order valence-electron chi connectivity index (χ3n) is 5.96. The Balaban J connectivity index is 1.69. The second-order valence-corrected chi connectivity index (χ2v) is 8.17. The van der Waals surface area contributed by atoms with E-state index in [1.165, 1.54) is 39.1 Å². The van der Waals surface area contributed by atoms with Crippen molar-refractivity contribution in [2.75, 3.05) is 31.2 Å². The molecule has 0 saturated heterocycles. The average Bonchev–Trinajstić information content (AvgIpc) is 3.06. The summed E-state index contributed by atoms with van der Waals surface area (Å²) in [5.74, 6) is 0. The monoisotopic (exact) mass is 368 g/mol. The van der Waals surface area contributed by atoms with Crippen molar-refractivity contribution < 1.29 is 10.2 Å². The van der Waals surface area contributed by atoms with Crippen LogP contribution in [0.15, 0.2) is 30.3 Å². The van der Waals surface area contributed by atoms with Gasteiger partial charge in [-0.2, -0.15) is 0 Å². The van der Waals surface area contributed by atoms with Crippen LogP contribution in [-0.2, 0) is 19.3 Å². The predicted octanol–water partition coefficient (Wildman–Crippen LogP) is 2.44. The molecule has 1 heterocycles. The van der Waals surface area contributed by atoms with Crippen LogP contribution in [0.1, 0.15) is 33.4 Å². The van der Waals surface area contributed by atoms with E-state index in [0.717, 1.165) is 25.8 Å². The second kappa shape index (κ2) is 8.01. The molecular formula is C23H32N2O2. The number of nitrogens with two attached hydrogens (primary N) is 1. The maximum absolute atomic E-state index is 9.46. The molecule has 0 saturated carbocycles. The molecule has 3 rings (SSSR count). The zero-order chi connectivity index (χ0) is 19.6. The van der Waals surface area contributed by atoms with Gasteiger partial charge in [-0.05, 0) is 79.5 Å². The zero-order valence-electron chi connectivity index (χ0n) is 16.8. The van der Waals surface area contributed by atoms with Gasteiger partial charge in [0.05, 0.1) is 18.8 Å². The first-order valence-corrected chi connectivity index (χ1v) is 9.79. The van der Waals surface area contributed by atoms with Gasteiger partial charge in [-0.25, -0.2) is 0 Å². The van der Waals surface area contributed by atoms with Crippen molar-refractivity contribution in [2.45, 2.75) is 45.6 Å². The minimum Gasteiger partial charge on any atom is -0.394 e. The Bertz CT molecular complexity index is 789. The van der Waals surface area contributed by atoms with Crippen molar-refractivity contribution >= 4 is 5.69 Å². The lowest BCUT2D eigenvalue weighted by Crippen LogP contribution is -2.55. The number of hydrogen-bond acceptors (Lipinski definition) is 4. The normalized spacial score (nSPS) is 13.9. The zero-order valence-corrected chi connectivity index (χ0v) is 16.8. The molecule has 0 aliphatic carbocycles. The van der Waals surface area contributed by atoms with Gasteiger partial charge >= 0.3 is 0 Å². The summed E-state index contributed by atoms with van der Waals surface area (Å²) in [7, 11) is 0. The van der Waals surface area contributed by atoms with E-state index in [0.29, 0.717) is 6.54 Å². The molecule has 0 bridgehead atoms. The van der Waals surface area contributed by atoms with E-state index in [2.05, 4.69) is 56.0 Å². The van der Waals surface area contributed by atoms with E-state index in [9.17, 15) is 10.2 Å². The molecule has 27 heavy (non-hydrogen) atoms. The van der Waals surface area contributed by atoms with Gasteiger partial charge in [0, 0.05) is 18.8 Å². The number of aliphatic hydroxyl groups excluding tert-OH is 2. The Morgan fingerprint density at radius 1 is 0.963 bits per heavy atom. The molecule has 4 N–H and O–H groups in total. The van der Waals surface area contributed by atoms with Crippen LogP contribution >= 0.6 is 0 Å². The molecule has 0 atom stereocenters. The maximum Gasteiger partial charge on any atom is 0.0800 e. The van der Waals surface area contributed by atoms with Crippen LogP contribution in [0.3, 0.4) is 0 Å². The van der Waals surface area contributed by atoms with Crippen molar-refractivity contribution in [3.8, 4) is 0 Å². The molecule has 1 aliphatic heterocycles. The summed E-state index contributed by atoms with van der Waals surface area (Å²) in [6, 6.07) is 11.3. The molecule has 0 radical (unpaired) electrons. The lowest BCUT2D eigenvalue weighted by molar-refractivity contribution is 0.125. The van der Waals surface area contributed by atoms with Crippen molar-refractivity contribution in [1.82, 2.24) is 0 Å². The Labute approximate surface area is 162 Å². The van der Waals surface area contributed by atoms with E-state index in [4.69, 9.17) is 5.73 Å². The summed E-state index contributed by atoms with van der Waals surface area (Å²) in [5.41, 5.74) is 14.5. The molecule has 2 aromatic rings. The van der Waals surface area contributed by atoms with Gasteiger partial charge in [0.2, 0.25) is 0 Å². The summed E-state index contributed by atoms with van der Waals surface area (Å²) < 4.78 is 0. The minimum absolute atomic E-state index is 0.219. The molecule has 0 spiro atoms. The van der Waals surface area contributed by atoms with Gasteiger partial charge in [-0.3, -0.25) is 0 Å². The molecule has 1 aliphatic rings. The highest BCUT2D eigenvalue weighted by Gasteiger charge is 2.29. The molecule has 0 amide bonds. The van der Waals surface area contributed by atoms with E-state index in [1.807, 2.05) is 0 Å². The van der Waals surface area contributed by atoms with Crippen LogP contribution in [-0.4, -0.2) is 42.1 Å². The number of rotatable bonds is 7. The standard InChI is InChI=1S/C23H32N2O2/c1-16-10-20(11-17(2)18(16)3)5-4-19-6-7-22-21(12-19)8-9-25(22)13-23(24,14-26)15-27/h6-7,10-12,26-27H,4-5,8-9,13-15,24H2,1-3H3. The van der Waals surface area contributed by atoms with Crippen molar-refractivity contribution in [1.29, 1.82) is 0 Å². The van der Waals surface area contributed by atoms with Gasteiger partial charge in [0.1, 0.15) is 0 Å². The molecule has 0 fully saturated rings. The number of fused-ring (bicyclic) bond motifs is 1. The Morgan fingerprint density at radius 2 is 1.59 bits per heavy atom. The van der Waals surface area contributed by atoms with E-state index >= 15 is 0 Å². The first kappa shape index (κ1) is 19.9. The second-order valence-electron chi connectivity index (χ2n) is 8.17. The van der Waals surface area contributed by atoms with Gasteiger partial charge in [-0.15, -0.1) is 0 Å². The smallest absolute Gasteiger partial charge is 0.0800 e. The number of hydrogen-bond donors (Lipinski definition) is 3. The summed E-state index contributed by atoms with van der Waals surface area (Å²) in [4.78, 5) is 2.18. The number of aryl methyl sites for hydroxylation is 4. The number of aliphatic hydroxyl groups is 2. The fourth-order valence-corrected chi connectivity index (χ4v) is 3.93. The number of benzene rings is 2. The molecular weight excluding hydrogens is 336 g/mol. The minimum atomic E-state index is -0.957. The lowest BCUT2D eigenvalue weighted by atomic mass is 9.96. The molecule has 0 unspecified atom stereocenters. The maximum atomic E-state index is 9.46. The third-order valence-corrected chi connectivity index (χ3v) is 5.96. The van der Waals surface area contributed by atoms with Crippen molar-refractivity contribution in [2.24, 2.45) is 5.73 Å². The van der Waals surface area contributed by atoms with Gasteiger partial charge < -0.3 is 20.8 Å². The number of anilines is 1. The predicted molar refractivity (Wildman–Crippen MR) is 112 cm³/mol. The van der Waals surface area contributed by atoms with Gasteiger partial charge in [0.25, 0.3) is 0 Å². The molecule has 2 aromatic carbocycles. The largest absolute Gasteiger partial charge is 0.394 e. The average molecular weight is 369 g/mol. The van der Waals surface area contributed by atoms with Crippen molar-refractivity contribution in [3.63, 3.8) is 0 Å². The van der Waals surface area contributed by atoms with E-state index in [1.54, 1.807) is 0 Å². The van der Waals surface area contributed by atoms with E-state index < -0.39 is 5.54 Å². The van der Waals surface area contributed by atoms with Gasteiger partial charge in [-0.1, -0.05) is 24.3 Å². The summed E-state index contributed by atoms with van der Waals surface area (Å²) >= 11 is 0. The summed E-state index contributed by atoms with van der Waals surface area (Å²) in [6.45, 7) is 7.47. The first-order chi connectivity index (χ1) is 12.8. The third kappa shape index (κ3) is 4.34. The van der Waals surface area contributed by atoms with Crippen LogP contribution in [0.25, 0.3) is 0 Å². The van der Waals surface area contributed by atoms with Crippen LogP contribution in [0.2, 0.25) is 0 Å². The van der Waals surface area contributed by atoms with Crippen LogP contribution in [0.4, 0.5) is 5.69 Å². The summed E-state index contributed by atoms with van der Waals surface area (Å²) in [5, 5.41) is 18.9.